The molecule has 3 amide bonds. The lowest BCUT2D eigenvalue weighted by Crippen LogP contribution is -2.54. The van der Waals surface area contributed by atoms with Gasteiger partial charge in [0.2, 0.25) is 17.7 Å². The maximum absolute atomic E-state index is 14.2. The quantitative estimate of drug-likeness (QED) is 0.0823. The molecule has 0 saturated carbocycles. The number of piperidine rings is 1. The van der Waals surface area contributed by atoms with Gasteiger partial charge in [0.15, 0.2) is 9.84 Å². The molecule has 420 valence electrons. The molecule has 0 bridgehead atoms. The van der Waals surface area contributed by atoms with Crippen molar-refractivity contribution in [1.82, 2.24) is 30.3 Å². The number of amides is 3. The highest BCUT2D eigenvalue weighted by atomic mass is 32.2. The van der Waals surface area contributed by atoms with Crippen LogP contribution in [0.3, 0.4) is 0 Å². The minimum absolute atomic E-state index is 0.00166. The lowest BCUT2D eigenvalue weighted by atomic mass is 9.76. The molecule has 19 heteroatoms. The van der Waals surface area contributed by atoms with Crippen molar-refractivity contribution in [3.63, 3.8) is 0 Å². The molecule has 4 aromatic rings. The zero-order chi connectivity index (χ0) is 55.9. The van der Waals surface area contributed by atoms with Crippen LogP contribution in [0.5, 0.6) is 5.75 Å². The summed E-state index contributed by atoms with van der Waals surface area (Å²) < 4.78 is 32.2. The van der Waals surface area contributed by atoms with Crippen molar-refractivity contribution < 1.29 is 37.4 Å². The maximum Gasteiger partial charge on any atom is 0.243 e. The molecule has 78 heavy (non-hydrogen) atoms. The Morgan fingerprint density at radius 1 is 0.936 bits per heavy atom. The van der Waals surface area contributed by atoms with Crippen molar-refractivity contribution in [3.05, 3.63) is 94.1 Å². The van der Waals surface area contributed by atoms with Gasteiger partial charge in [-0.3, -0.25) is 24.1 Å². The number of Topliss-reactive ketones (excluding diaryl/α,β-unsaturated/α-hetero) is 1. The molecule has 0 radical (unpaired) electrons. The van der Waals surface area contributed by atoms with Crippen LogP contribution in [-0.2, 0) is 48.4 Å². The minimum Gasteiger partial charge on any atom is -0.496 e. The Labute approximate surface area is 464 Å². The molecule has 8 rings (SSSR count). The third-order valence-corrected chi connectivity index (χ3v) is 19.2. The molecule has 5 heterocycles. The number of anilines is 1. The zero-order valence-corrected chi connectivity index (χ0v) is 48.3. The number of thiazole rings is 1. The highest BCUT2D eigenvalue weighted by Gasteiger charge is 2.44. The number of nitrogens with one attached hydrogen (secondary N) is 2. The van der Waals surface area contributed by atoms with E-state index in [9.17, 15) is 32.7 Å². The first kappa shape index (κ1) is 58.1. The Morgan fingerprint density at radius 2 is 1.65 bits per heavy atom. The number of rotatable bonds is 20. The number of aliphatic imine (C=N–C) groups is 2. The number of likely N-dealkylation sites (tertiary alicyclic amines) is 1. The number of carbonyl (C=O) groups excluding carboxylic acids is 4. The van der Waals surface area contributed by atoms with E-state index in [-0.39, 0.29) is 62.3 Å². The summed E-state index contributed by atoms with van der Waals surface area (Å²) in [6, 6.07) is 18.9. The van der Waals surface area contributed by atoms with E-state index >= 15 is 0 Å². The van der Waals surface area contributed by atoms with Crippen LogP contribution in [0.1, 0.15) is 108 Å². The van der Waals surface area contributed by atoms with Gasteiger partial charge in [-0.2, -0.15) is 0 Å². The topological polar surface area (TPSA) is 207 Å². The highest BCUT2D eigenvalue weighted by molar-refractivity contribution is 7.92. The van der Waals surface area contributed by atoms with Crippen molar-refractivity contribution in [2.45, 2.75) is 147 Å². The van der Waals surface area contributed by atoms with Crippen molar-refractivity contribution in [3.8, 4) is 16.2 Å². The number of carbonyl (C=O) groups is 4. The van der Waals surface area contributed by atoms with Gasteiger partial charge in [0.1, 0.15) is 29.6 Å². The number of nitrogens with zero attached hydrogens (tertiary/aromatic N) is 7. The molecular formula is C59H79N9O8S2. The molecule has 3 N–H and O–H groups in total. The fourth-order valence-electron chi connectivity index (χ4n) is 11.3. The van der Waals surface area contributed by atoms with Crippen molar-refractivity contribution in [2.75, 3.05) is 57.8 Å². The predicted octanol–water partition coefficient (Wildman–Crippen LogP) is 6.94. The SMILES string of the molecule is COc1cc(N2CCC(N3CCN(C(=O)CCCC(=O)C[C@H](C(=O)N4C[C@H](O)C[C@H]4C(=O)NCc4ccc(-c5scnc5C)cc4)C(C)(C)C)CC3)CC2)c(C)cc1CC1=NC(Cc2ccccc2S(=O)(=O)C(C)C)N=CN1. The van der Waals surface area contributed by atoms with Crippen LogP contribution < -0.4 is 20.3 Å². The third kappa shape index (κ3) is 14.0. The standard InChI is InChI=1S/C59H79N9O8S2/c1-38(2)78(74,75)52-14-10-9-12-43(52)29-53-61-36-62-54(64-53)30-44-28-39(3)49(33-51(44)76-8)66-22-20-45(21-23-66)65-24-26-67(27-25-65)55(71)15-11-13-46(69)31-48(59(5,6)7)58(73)68-35-47(70)32-50(68)57(72)60-34-41-16-18-42(19-17-41)56-40(4)63-37-77-56/h9-10,12,14,16-19,28,33,36-38,45,47-48,50,53,70H,11,13,15,20-27,29-32,34-35H2,1-8H3,(H,60,72)(H,61,62,64)/t47-,48-,50+,53?/m1/s1. The molecule has 4 atom stereocenters. The summed E-state index contributed by atoms with van der Waals surface area (Å²) in [4.78, 5) is 78.3. The number of aliphatic hydroxyl groups excluding tert-OH is 1. The van der Waals surface area contributed by atoms with Crippen LogP contribution in [0.25, 0.3) is 10.4 Å². The maximum atomic E-state index is 14.2. The number of aryl methyl sites for hydroxylation is 2. The van der Waals surface area contributed by atoms with E-state index in [0.717, 1.165) is 89.1 Å². The summed E-state index contributed by atoms with van der Waals surface area (Å²) in [5.74, 6) is 0.102. The van der Waals surface area contributed by atoms with E-state index in [2.05, 4.69) is 49.5 Å². The Bertz CT molecular complexity index is 2950. The number of aliphatic hydroxyl groups is 1. The van der Waals surface area contributed by atoms with Crippen LogP contribution in [0.4, 0.5) is 5.69 Å². The largest absolute Gasteiger partial charge is 0.496 e. The number of methoxy groups -OCH3 is 1. The van der Waals surface area contributed by atoms with Crippen LogP contribution >= 0.6 is 11.3 Å². The highest BCUT2D eigenvalue weighted by Crippen LogP contribution is 2.36. The number of amidine groups is 1. The van der Waals surface area contributed by atoms with Gasteiger partial charge in [0, 0.05) is 120 Å². The Balaban J connectivity index is 0.764. The van der Waals surface area contributed by atoms with Crippen LogP contribution in [-0.4, -0.2) is 151 Å². The molecule has 3 fully saturated rings. The first-order valence-electron chi connectivity index (χ1n) is 27.6. The molecular weight excluding hydrogens is 1030 g/mol. The summed E-state index contributed by atoms with van der Waals surface area (Å²) in [6.07, 6.45) is 4.15. The van der Waals surface area contributed by atoms with E-state index in [4.69, 9.17) is 9.73 Å². The second-order valence-electron chi connectivity index (χ2n) is 22.7. The van der Waals surface area contributed by atoms with Gasteiger partial charge in [-0.1, -0.05) is 63.2 Å². The zero-order valence-electron chi connectivity index (χ0n) is 46.7. The number of benzene rings is 3. The number of hydrogen-bond donors (Lipinski definition) is 3. The monoisotopic (exact) mass is 1110 g/mol. The van der Waals surface area contributed by atoms with Gasteiger partial charge in [-0.15, -0.1) is 11.3 Å². The first-order chi connectivity index (χ1) is 37.2. The summed E-state index contributed by atoms with van der Waals surface area (Å²) in [5, 5.41) is 16.3. The summed E-state index contributed by atoms with van der Waals surface area (Å²) in [7, 11) is -1.78. The van der Waals surface area contributed by atoms with Crippen molar-refractivity contribution in [1.29, 1.82) is 0 Å². The van der Waals surface area contributed by atoms with Crippen LogP contribution in [0.15, 0.2) is 81.1 Å². The summed E-state index contributed by atoms with van der Waals surface area (Å²) in [6.45, 7) is 18.2. The average Bonchev–Trinajstić information content (AvgIpc) is 4.05. The Morgan fingerprint density at radius 3 is 2.32 bits per heavy atom. The minimum atomic E-state index is -3.46. The number of aromatic nitrogens is 1. The fraction of sp³-hybridized carbons (Fsp3) is 0.542. The lowest BCUT2D eigenvalue weighted by molar-refractivity contribution is -0.146. The fourth-order valence-corrected chi connectivity index (χ4v) is 13.4. The van der Waals surface area contributed by atoms with E-state index < -0.39 is 44.7 Å². The molecule has 0 aliphatic carbocycles. The molecule has 3 aromatic carbocycles. The molecule has 1 unspecified atom stereocenters. The Hall–Kier alpha value is -6.02. The van der Waals surface area contributed by atoms with Crippen molar-refractivity contribution >= 4 is 62.5 Å². The summed E-state index contributed by atoms with van der Waals surface area (Å²) in [5.41, 5.74) is 8.14. The molecule has 4 aliphatic rings. The molecule has 1 aromatic heterocycles. The van der Waals surface area contributed by atoms with Gasteiger partial charge in [-0.05, 0) is 86.8 Å². The van der Waals surface area contributed by atoms with Crippen LogP contribution in [0.2, 0.25) is 0 Å². The first-order valence-corrected chi connectivity index (χ1v) is 30.0. The molecule has 17 nitrogen and oxygen atoms in total. The third-order valence-electron chi connectivity index (χ3n) is 15.9. The number of piperazine rings is 1. The molecule has 0 spiro atoms. The van der Waals surface area contributed by atoms with E-state index in [1.807, 2.05) is 74.5 Å². The number of ketones is 1. The smallest absolute Gasteiger partial charge is 0.243 e. The lowest BCUT2D eigenvalue weighted by Gasteiger charge is -2.43. The number of β-amino-alcohol motifs (C(OH)–C–C–N with tert-alkyl or cyclic N) is 1. The summed E-state index contributed by atoms with van der Waals surface area (Å²) >= 11 is 1.58. The van der Waals surface area contributed by atoms with E-state index in [1.54, 1.807) is 50.8 Å². The van der Waals surface area contributed by atoms with Gasteiger partial charge < -0.3 is 35.2 Å². The molecule has 4 aliphatic heterocycles. The second kappa shape index (κ2) is 25.4. The molecule has 3 saturated heterocycles. The Kier molecular flexibility index (Phi) is 18.9. The number of hydrogen-bond acceptors (Lipinski definition) is 15. The van der Waals surface area contributed by atoms with Gasteiger partial charge in [0.05, 0.1) is 45.8 Å². The van der Waals surface area contributed by atoms with E-state index in [1.165, 1.54) is 4.90 Å². The normalized spacial score (nSPS) is 19.9. The van der Waals surface area contributed by atoms with Gasteiger partial charge in [-0.25, -0.2) is 23.4 Å². The van der Waals surface area contributed by atoms with Crippen LogP contribution in [0, 0.1) is 25.2 Å². The number of sulfone groups is 1. The average molecular weight is 1110 g/mol. The van der Waals surface area contributed by atoms with E-state index in [0.29, 0.717) is 48.9 Å². The predicted molar refractivity (Wildman–Crippen MR) is 307 cm³/mol. The second-order valence-corrected chi connectivity index (χ2v) is 26.1. The van der Waals surface area contributed by atoms with Gasteiger partial charge in [0.25, 0.3) is 0 Å². The van der Waals surface area contributed by atoms with Crippen molar-refractivity contribution in [2.24, 2.45) is 21.3 Å². The number of ether oxygens (including phenoxy) is 1. The van der Waals surface area contributed by atoms with Gasteiger partial charge >= 0.3 is 0 Å².